The fraction of sp³-hybridized carbons (Fsp3) is 0. The summed E-state index contributed by atoms with van der Waals surface area (Å²) >= 11 is 3.39. The predicted octanol–water partition coefficient (Wildman–Crippen LogP) is 3.22. The lowest BCUT2D eigenvalue weighted by Gasteiger charge is -1.94. The molecule has 0 saturated carbocycles. The Balaban J connectivity index is 1.88. The number of nitrogens with zero attached hydrogens (tertiary/aromatic N) is 2. The predicted molar refractivity (Wildman–Crippen MR) is 83.3 cm³/mol. The molecule has 0 bridgehead atoms. The molecule has 4 nitrogen and oxygen atoms in total. The molecule has 0 saturated heterocycles. The van der Waals surface area contributed by atoms with E-state index in [2.05, 4.69) is 31.4 Å². The molecule has 1 amide bonds. The second-order valence-electron chi connectivity index (χ2n) is 4.25. The Labute approximate surface area is 124 Å². The molecule has 20 heavy (non-hydrogen) atoms. The number of hydrogen-bond acceptors (Lipinski definition) is 3. The Morgan fingerprint density at radius 2 is 1.95 bits per heavy atom. The Morgan fingerprint density at radius 1 is 1.10 bits per heavy atom. The van der Waals surface area contributed by atoms with Crippen LogP contribution in [0.3, 0.4) is 0 Å². The first kappa shape index (κ1) is 12.7. The van der Waals surface area contributed by atoms with Crippen molar-refractivity contribution in [2.45, 2.75) is 0 Å². The van der Waals surface area contributed by atoms with Gasteiger partial charge in [-0.15, -0.1) is 5.10 Å². The summed E-state index contributed by atoms with van der Waals surface area (Å²) in [6.45, 7) is 0. The molecule has 0 fully saturated rings. The van der Waals surface area contributed by atoms with Gasteiger partial charge in [-0.1, -0.05) is 46.3 Å². The number of hydrogen-bond donors (Lipinski definition) is 1. The van der Waals surface area contributed by atoms with Crippen molar-refractivity contribution in [3.63, 3.8) is 0 Å². The molecule has 2 aromatic carbocycles. The maximum Gasteiger partial charge on any atom is 0.276 e. The average Bonchev–Trinajstić information content (AvgIpc) is 2.75. The zero-order chi connectivity index (χ0) is 13.9. The number of carbonyl (C=O) groups is 1. The van der Waals surface area contributed by atoms with Crippen molar-refractivity contribution in [3.05, 3.63) is 64.1 Å². The third-order valence-corrected chi connectivity index (χ3v) is 3.35. The molecular formula is C15H10BrN3O. The minimum atomic E-state index is -0.224. The van der Waals surface area contributed by atoms with Gasteiger partial charge in [0.1, 0.15) is 0 Å². The van der Waals surface area contributed by atoms with Crippen LogP contribution in [0.2, 0.25) is 0 Å². The molecule has 1 aliphatic heterocycles. The molecule has 3 rings (SSSR count). The first-order chi connectivity index (χ1) is 9.74. The minimum Gasteiger partial charge on any atom is -0.320 e. The number of para-hydroxylation sites is 1. The van der Waals surface area contributed by atoms with Crippen molar-refractivity contribution >= 4 is 39.5 Å². The Hall–Kier alpha value is -2.27. The van der Waals surface area contributed by atoms with E-state index in [0.717, 1.165) is 21.3 Å². The van der Waals surface area contributed by atoms with Gasteiger partial charge in [-0.05, 0) is 23.8 Å². The molecular weight excluding hydrogens is 318 g/mol. The van der Waals surface area contributed by atoms with Gasteiger partial charge in [0, 0.05) is 10.0 Å². The zero-order valence-corrected chi connectivity index (χ0v) is 12.0. The summed E-state index contributed by atoms with van der Waals surface area (Å²) in [6, 6.07) is 15.1. The van der Waals surface area contributed by atoms with Crippen molar-refractivity contribution in [1.29, 1.82) is 0 Å². The third-order valence-electron chi connectivity index (χ3n) is 2.86. The lowest BCUT2D eigenvalue weighted by atomic mass is 10.1. The van der Waals surface area contributed by atoms with Crippen LogP contribution in [0, 0.1) is 0 Å². The maximum atomic E-state index is 11.8. The van der Waals surface area contributed by atoms with E-state index >= 15 is 0 Å². The van der Waals surface area contributed by atoms with E-state index in [0.29, 0.717) is 5.71 Å². The molecule has 2 aromatic rings. The van der Waals surface area contributed by atoms with Crippen LogP contribution in [0.15, 0.2) is 63.2 Å². The van der Waals surface area contributed by atoms with Crippen LogP contribution >= 0.6 is 15.9 Å². The van der Waals surface area contributed by atoms with Gasteiger partial charge in [0.2, 0.25) is 0 Å². The van der Waals surface area contributed by atoms with Crippen molar-refractivity contribution in [2.75, 3.05) is 5.32 Å². The fourth-order valence-electron chi connectivity index (χ4n) is 1.94. The Morgan fingerprint density at radius 3 is 2.80 bits per heavy atom. The number of amides is 1. The molecule has 0 atom stereocenters. The van der Waals surface area contributed by atoms with E-state index < -0.39 is 0 Å². The monoisotopic (exact) mass is 327 g/mol. The first-order valence-corrected chi connectivity index (χ1v) is 6.81. The van der Waals surface area contributed by atoms with Crippen LogP contribution < -0.4 is 5.32 Å². The molecule has 0 radical (unpaired) electrons. The standard InChI is InChI=1S/C15H10BrN3O/c16-11-5-3-4-10(8-11)9-17-19-14-12-6-1-2-7-13(12)18-15(14)20/h1-9H,(H,18,19,20). The van der Waals surface area contributed by atoms with E-state index in [1.807, 2.05) is 48.5 Å². The van der Waals surface area contributed by atoms with Crippen LogP contribution in [-0.2, 0) is 4.79 Å². The number of benzene rings is 2. The lowest BCUT2D eigenvalue weighted by Crippen LogP contribution is -2.13. The Bertz CT molecular complexity index is 737. The molecule has 98 valence electrons. The average molecular weight is 328 g/mol. The van der Waals surface area contributed by atoms with Gasteiger partial charge in [0.15, 0.2) is 5.71 Å². The molecule has 0 spiro atoms. The summed E-state index contributed by atoms with van der Waals surface area (Å²) in [7, 11) is 0. The molecule has 1 heterocycles. The summed E-state index contributed by atoms with van der Waals surface area (Å²) < 4.78 is 0.970. The van der Waals surface area contributed by atoms with Crippen LogP contribution in [-0.4, -0.2) is 17.8 Å². The van der Waals surface area contributed by atoms with E-state index in [-0.39, 0.29) is 5.91 Å². The second-order valence-corrected chi connectivity index (χ2v) is 5.16. The van der Waals surface area contributed by atoms with Gasteiger partial charge < -0.3 is 5.32 Å². The van der Waals surface area contributed by atoms with Crippen molar-refractivity contribution in [2.24, 2.45) is 10.2 Å². The molecule has 1 aliphatic rings. The quantitative estimate of drug-likeness (QED) is 0.668. The topological polar surface area (TPSA) is 53.8 Å². The number of halogens is 1. The van der Waals surface area contributed by atoms with Crippen molar-refractivity contribution < 1.29 is 4.79 Å². The highest BCUT2D eigenvalue weighted by Crippen LogP contribution is 2.22. The van der Waals surface area contributed by atoms with Gasteiger partial charge in [-0.2, -0.15) is 5.10 Å². The summed E-state index contributed by atoms with van der Waals surface area (Å²) in [6.07, 6.45) is 1.62. The van der Waals surface area contributed by atoms with Gasteiger partial charge in [0.25, 0.3) is 5.91 Å². The van der Waals surface area contributed by atoms with Crippen molar-refractivity contribution in [1.82, 2.24) is 0 Å². The third kappa shape index (κ3) is 2.53. The van der Waals surface area contributed by atoms with Gasteiger partial charge in [0.05, 0.1) is 11.9 Å². The normalized spacial score (nSPS) is 15.7. The summed E-state index contributed by atoms with van der Waals surface area (Å²) in [5, 5.41) is 10.8. The second kappa shape index (κ2) is 5.38. The first-order valence-electron chi connectivity index (χ1n) is 6.01. The number of anilines is 1. The van der Waals surface area contributed by atoms with Gasteiger partial charge in [-0.3, -0.25) is 4.79 Å². The minimum absolute atomic E-state index is 0.224. The maximum absolute atomic E-state index is 11.8. The molecule has 0 unspecified atom stereocenters. The Kier molecular flexibility index (Phi) is 3.43. The highest BCUT2D eigenvalue weighted by molar-refractivity contribution is 9.10. The van der Waals surface area contributed by atoms with E-state index in [9.17, 15) is 4.79 Å². The summed E-state index contributed by atoms with van der Waals surface area (Å²) in [5.41, 5.74) is 2.81. The van der Waals surface area contributed by atoms with Gasteiger partial charge in [-0.25, -0.2) is 0 Å². The van der Waals surface area contributed by atoms with E-state index in [4.69, 9.17) is 0 Å². The van der Waals surface area contributed by atoms with Crippen LogP contribution in [0.4, 0.5) is 5.69 Å². The number of rotatable bonds is 2. The van der Waals surface area contributed by atoms with Crippen LogP contribution in [0.25, 0.3) is 0 Å². The number of carbonyl (C=O) groups excluding carboxylic acids is 1. The van der Waals surface area contributed by atoms with Crippen LogP contribution in [0.5, 0.6) is 0 Å². The van der Waals surface area contributed by atoms with Gasteiger partial charge >= 0.3 is 0 Å². The smallest absolute Gasteiger partial charge is 0.276 e. The summed E-state index contributed by atoms with van der Waals surface area (Å²) in [5.74, 6) is -0.224. The van der Waals surface area contributed by atoms with Crippen molar-refractivity contribution in [3.8, 4) is 0 Å². The molecule has 1 N–H and O–H groups in total. The molecule has 5 heteroatoms. The van der Waals surface area contributed by atoms with E-state index in [1.165, 1.54) is 0 Å². The zero-order valence-electron chi connectivity index (χ0n) is 10.4. The number of fused-ring (bicyclic) bond motifs is 1. The van der Waals surface area contributed by atoms with E-state index in [1.54, 1.807) is 6.21 Å². The molecule has 0 aliphatic carbocycles. The summed E-state index contributed by atoms with van der Waals surface area (Å²) in [4.78, 5) is 11.8. The lowest BCUT2D eigenvalue weighted by molar-refractivity contribution is -0.110. The largest absolute Gasteiger partial charge is 0.320 e. The molecule has 0 aromatic heterocycles. The number of nitrogens with one attached hydrogen (secondary N) is 1. The van der Waals surface area contributed by atoms with Crippen LogP contribution in [0.1, 0.15) is 11.1 Å². The highest BCUT2D eigenvalue weighted by Gasteiger charge is 2.25. The SMILES string of the molecule is O=C1Nc2ccccc2/C1=N\N=Cc1cccc(Br)c1. The fourth-order valence-corrected chi connectivity index (χ4v) is 2.36. The highest BCUT2D eigenvalue weighted by atomic mass is 79.9.